The van der Waals surface area contributed by atoms with Gasteiger partial charge in [-0.05, 0) is 24.3 Å². The Bertz CT molecular complexity index is 511. The molecule has 0 amide bonds. The molecule has 2 aromatic carbocycles. The van der Waals surface area contributed by atoms with Crippen molar-refractivity contribution in [1.82, 2.24) is 0 Å². The van der Waals surface area contributed by atoms with Crippen LogP contribution in [0.2, 0.25) is 5.02 Å². The van der Waals surface area contributed by atoms with Crippen LogP contribution in [0.1, 0.15) is 0 Å². The zero-order chi connectivity index (χ0) is 11.5. The maximum Gasteiger partial charge on any atom is 0.172 e. The fourth-order valence-electron chi connectivity index (χ4n) is 1.23. The molecular weight excluding hydrogens is 228 g/mol. The Balaban J connectivity index is 2.34. The number of hydrogen-bond acceptors (Lipinski definition) is 3. The number of aromatic hydroxyl groups is 2. The van der Waals surface area contributed by atoms with Crippen molar-refractivity contribution >= 4 is 11.6 Å². The Kier molecular flexibility index (Phi) is 2.88. The van der Waals surface area contributed by atoms with Gasteiger partial charge < -0.3 is 14.9 Å². The summed E-state index contributed by atoms with van der Waals surface area (Å²) in [5.74, 6) is 0.538. The lowest BCUT2D eigenvalue weighted by molar-refractivity contribution is 0.404. The summed E-state index contributed by atoms with van der Waals surface area (Å²) in [6.45, 7) is 0. The van der Waals surface area contributed by atoms with Gasteiger partial charge in [0, 0.05) is 6.07 Å². The van der Waals surface area contributed by atoms with Crippen LogP contribution in [0.15, 0.2) is 42.5 Å². The van der Waals surface area contributed by atoms with Crippen molar-refractivity contribution in [3.8, 4) is 23.0 Å². The predicted octanol–water partition coefficient (Wildman–Crippen LogP) is 3.54. The van der Waals surface area contributed by atoms with Crippen LogP contribution in [0.25, 0.3) is 0 Å². The number of halogens is 1. The van der Waals surface area contributed by atoms with Crippen molar-refractivity contribution < 1.29 is 14.9 Å². The second-order valence-corrected chi connectivity index (χ2v) is 3.59. The highest BCUT2D eigenvalue weighted by Crippen LogP contribution is 2.36. The summed E-state index contributed by atoms with van der Waals surface area (Å²) in [7, 11) is 0. The second kappa shape index (κ2) is 4.33. The third-order valence-electron chi connectivity index (χ3n) is 2.00. The number of ether oxygens (including phenoxy) is 1. The number of para-hydroxylation sites is 1. The molecular formula is C12H9ClO3. The van der Waals surface area contributed by atoms with Crippen LogP contribution >= 0.6 is 11.6 Å². The van der Waals surface area contributed by atoms with Gasteiger partial charge in [0.1, 0.15) is 11.5 Å². The molecule has 0 aliphatic heterocycles. The van der Waals surface area contributed by atoms with Crippen LogP contribution in [0.3, 0.4) is 0 Å². The van der Waals surface area contributed by atoms with Crippen LogP contribution < -0.4 is 4.74 Å². The molecule has 0 saturated carbocycles. The Morgan fingerprint density at radius 3 is 2.44 bits per heavy atom. The van der Waals surface area contributed by atoms with E-state index in [1.165, 1.54) is 18.2 Å². The smallest absolute Gasteiger partial charge is 0.172 e. The van der Waals surface area contributed by atoms with Gasteiger partial charge in [-0.15, -0.1) is 0 Å². The van der Waals surface area contributed by atoms with Crippen molar-refractivity contribution in [3.05, 3.63) is 47.5 Å². The maximum absolute atomic E-state index is 9.51. The van der Waals surface area contributed by atoms with E-state index < -0.39 is 0 Å². The normalized spacial score (nSPS) is 10.1. The molecule has 0 radical (unpaired) electrons. The third-order valence-corrected chi connectivity index (χ3v) is 2.31. The summed E-state index contributed by atoms with van der Waals surface area (Å²) in [6.07, 6.45) is 0. The minimum Gasteiger partial charge on any atom is -0.508 e. The summed E-state index contributed by atoms with van der Waals surface area (Å²) in [5.41, 5.74) is 0. The zero-order valence-electron chi connectivity index (χ0n) is 8.22. The molecule has 0 saturated heterocycles. The van der Waals surface area contributed by atoms with E-state index in [1.807, 2.05) is 0 Å². The molecule has 2 rings (SSSR count). The van der Waals surface area contributed by atoms with E-state index in [2.05, 4.69) is 0 Å². The van der Waals surface area contributed by atoms with Crippen molar-refractivity contribution in [3.63, 3.8) is 0 Å². The minimum atomic E-state index is -0.0577. The quantitative estimate of drug-likeness (QED) is 0.784. The largest absolute Gasteiger partial charge is 0.508 e. The summed E-state index contributed by atoms with van der Waals surface area (Å²) in [4.78, 5) is 0. The first-order valence-corrected chi connectivity index (χ1v) is 4.99. The predicted molar refractivity (Wildman–Crippen MR) is 61.3 cm³/mol. The average molecular weight is 237 g/mol. The molecule has 2 aromatic rings. The average Bonchev–Trinajstić information content (AvgIpc) is 2.27. The Morgan fingerprint density at radius 1 is 0.938 bits per heavy atom. The SMILES string of the molecule is Oc1ccc(O)c(Oc2ccccc2Cl)c1. The molecule has 0 aliphatic carbocycles. The topological polar surface area (TPSA) is 49.7 Å². The molecule has 82 valence electrons. The summed E-state index contributed by atoms with van der Waals surface area (Å²) < 4.78 is 5.38. The number of hydrogen-bond donors (Lipinski definition) is 2. The first kappa shape index (κ1) is 10.6. The summed E-state index contributed by atoms with van der Waals surface area (Å²) in [6, 6.07) is 10.9. The lowest BCUT2D eigenvalue weighted by Gasteiger charge is -2.08. The molecule has 0 spiro atoms. The Labute approximate surface area is 97.5 Å². The van der Waals surface area contributed by atoms with Crippen LogP contribution in [-0.4, -0.2) is 10.2 Å². The minimum absolute atomic E-state index is 0.0138. The van der Waals surface area contributed by atoms with Gasteiger partial charge in [0.15, 0.2) is 11.5 Å². The van der Waals surface area contributed by atoms with E-state index in [0.717, 1.165) is 0 Å². The lowest BCUT2D eigenvalue weighted by Crippen LogP contribution is -1.85. The van der Waals surface area contributed by atoms with Gasteiger partial charge in [-0.1, -0.05) is 23.7 Å². The van der Waals surface area contributed by atoms with Gasteiger partial charge in [-0.3, -0.25) is 0 Å². The van der Waals surface area contributed by atoms with Gasteiger partial charge in [-0.2, -0.15) is 0 Å². The van der Waals surface area contributed by atoms with Crippen LogP contribution in [0, 0.1) is 0 Å². The van der Waals surface area contributed by atoms with Gasteiger partial charge in [-0.25, -0.2) is 0 Å². The molecule has 0 heterocycles. The highest BCUT2D eigenvalue weighted by molar-refractivity contribution is 6.32. The first-order chi connectivity index (χ1) is 7.66. The van der Waals surface area contributed by atoms with Crippen molar-refractivity contribution in [2.75, 3.05) is 0 Å². The molecule has 0 aromatic heterocycles. The fourth-order valence-corrected chi connectivity index (χ4v) is 1.40. The van der Waals surface area contributed by atoms with Crippen LogP contribution in [0.4, 0.5) is 0 Å². The van der Waals surface area contributed by atoms with Gasteiger partial charge in [0.25, 0.3) is 0 Å². The van der Waals surface area contributed by atoms with E-state index in [9.17, 15) is 10.2 Å². The fraction of sp³-hybridized carbons (Fsp3) is 0. The monoisotopic (exact) mass is 236 g/mol. The summed E-state index contributed by atoms with van der Waals surface area (Å²) >= 11 is 5.90. The molecule has 2 N–H and O–H groups in total. The molecule has 16 heavy (non-hydrogen) atoms. The Morgan fingerprint density at radius 2 is 1.69 bits per heavy atom. The standard InChI is InChI=1S/C12H9ClO3/c13-9-3-1-2-4-11(9)16-12-7-8(14)5-6-10(12)15/h1-7,14-15H. The first-order valence-electron chi connectivity index (χ1n) is 4.61. The molecule has 0 bridgehead atoms. The molecule has 0 atom stereocenters. The van der Waals surface area contributed by atoms with Crippen molar-refractivity contribution in [2.24, 2.45) is 0 Å². The van der Waals surface area contributed by atoms with Gasteiger partial charge in [0.05, 0.1) is 5.02 Å². The van der Waals surface area contributed by atoms with Crippen LogP contribution in [0.5, 0.6) is 23.0 Å². The highest BCUT2D eigenvalue weighted by atomic mass is 35.5. The maximum atomic E-state index is 9.51. The van der Waals surface area contributed by atoms with Gasteiger partial charge in [0.2, 0.25) is 0 Å². The highest BCUT2D eigenvalue weighted by Gasteiger charge is 2.07. The van der Waals surface area contributed by atoms with E-state index in [-0.39, 0.29) is 17.2 Å². The van der Waals surface area contributed by atoms with E-state index >= 15 is 0 Å². The molecule has 4 heteroatoms. The van der Waals surface area contributed by atoms with E-state index in [0.29, 0.717) is 10.8 Å². The zero-order valence-corrected chi connectivity index (χ0v) is 8.98. The van der Waals surface area contributed by atoms with E-state index in [1.54, 1.807) is 24.3 Å². The van der Waals surface area contributed by atoms with Crippen molar-refractivity contribution in [1.29, 1.82) is 0 Å². The van der Waals surface area contributed by atoms with Crippen LogP contribution in [-0.2, 0) is 0 Å². The summed E-state index contributed by atoms with van der Waals surface area (Å²) in [5, 5.41) is 19.2. The third kappa shape index (κ3) is 2.20. The van der Waals surface area contributed by atoms with Crippen molar-refractivity contribution in [2.45, 2.75) is 0 Å². The van der Waals surface area contributed by atoms with E-state index in [4.69, 9.17) is 16.3 Å². The number of benzene rings is 2. The molecule has 0 aliphatic rings. The van der Waals surface area contributed by atoms with Gasteiger partial charge >= 0.3 is 0 Å². The molecule has 3 nitrogen and oxygen atoms in total. The number of phenols is 2. The number of phenolic OH excluding ortho intramolecular Hbond substituents is 2. The molecule has 0 fully saturated rings. The Hall–Kier alpha value is -1.87. The molecule has 0 unspecified atom stereocenters. The number of rotatable bonds is 2. The second-order valence-electron chi connectivity index (χ2n) is 3.18. The lowest BCUT2D eigenvalue weighted by atomic mass is 10.3.